The molecule has 2 unspecified atom stereocenters. The van der Waals surface area contributed by atoms with Crippen molar-refractivity contribution in [1.29, 1.82) is 0 Å². The van der Waals surface area contributed by atoms with Crippen molar-refractivity contribution in [2.75, 3.05) is 0 Å². The Labute approximate surface area is 113 Å². The number of aryl methyl sites for hydroxylation is 1. The minimum atomic E-state index is -0.427. The third kappa shape index (κ3) is 3.12. The summed E-state index contributed by atoms with van der Waals surface area (Å²) in [5.41, 5.74) is 5.86. The van der Waals surface area contributed by atoms with Gasteiger partial charge in [0.1, 0.15) is 5.82 Å². The Bertz CT molecular complexity index is 442. The lowest BCUT2D eigenvalue weighted by molar-refractivity contribution is -0.123. The van der Waals surface area contributed by atoms with E-state index in [0.29, 0.717) is 0 Å². The average molecular weight is 265 g/mol. The summed E-state index contributed by atoms with van der Waals surface area (Å²) in [5.74, 6) is 1.76. The first kappa shape index (κ1) is 14.0. The maximum absolute atomic E-state index is 12.0. The number of carbonyl (C=O) groups is 1. The lowest BCUT2D eigenvalue weighted by Gasteiger charge is -2.17. The molecule has 0 aliphatic carbocycles. The second-order valence-corrected chi connectivity index (χ2v) is 5.21. The van der Waals surface area contributed by atoms with Crippen LogP contribution in [0, 0.1) is 0 Å². The second kappa shape index (κ2) is 6.14. The van der Waals surface area contributed by atoms with Gasteiger partial charge in [-0.25, -0.2) is 0 Å². The number of unbranched alkanes of at least 4 members (excludes halogenated alkanes) is 1. The van der Waals surface area contributed by atoms with Crippen molar-refractivity contribution in [2.24, 2.45) is 5.73 Å². The fraction of sp³-hybridized carbons (Fsp3) is 0.769. The first-order valence-corrected chi connectivity index (χ1v) is 7.11. The predicted octanol–water partition coefficient (Wildman–Crippen LogP) is 0.919. The van der Waals surface area contributed by atoms with Crippen LogP contribution in [0.5, 0.6) is 0 Å². The summed E-state index contributed by atoms with van der Waals surface area (Å²) < 4.78 is 2.10. The molecule has 1 amide bonds. The van der Waals surface area contributed by atoms with Crippen LogP contribution in [0.4, 0.5) is 0 Å². The Morgan fingerprint density at radius 2 is 2.32 bits per heavy atom. The minimum absolute atomic E-state index is 0.101. The van der Waals surface area contributed by atoms with Gasteiger partial charge in [0.15, 0.2) is 5.82 Å². The highest BCUT2D eigenvalue weighted by atomic mass is 16.2. The van der Waals surface area contributed by atoms with Crippen molar-refractivity contribution >= 4 is 5.91 Å². The van der Waals surface area contributed by atoms with E-state index < -0.39 is 6.04 Å². The molecule has 0 fully saturated rings. The van der Waals surface area contributed by atoms with Crippen LogP contribution in [0.2, 0.25) is 0 Å². The molecule has 1 aromatic heterocycles. The highest BCUT2D eigenvalue weighted by Crippen LogP contribution is 2.18. The number of nitrogens with one attached hydrogen (secondary N) is 1. The maximum Gasteiger partial charge on any atom is 0.237 e. The van der Waals surface area contributed by atoms with E-state index in [0.717, 1.165) is 50.3 Å². The lowest BCUT2D eigenvalue weighted by Crippen LogP contribution is -2.42. The summed E-state index contributed by atoms with van der Waals surface area (Å²) in [7, 11) is 0. The van der Waals surface area contributed by atoms with Crippen LogP contribution in [-0.4, -0.2) is 26.7 Å². The minimum Gasteiger partial charge on any atom is -0.345 e. The monoisotopic (exact) mass is 265 g/mol. The SMILES string of the molecule is CCCCC(N)C(=O)NC(C)c1nnc2n1CCC2. The number of rotatable bonds is 6. The van der Waals surface area contributed by atoms with E-state index >= 15 is 0 Å². The molecule has 0 spiro atoms. The van der Waals surface area contributed by atoms with Gasteiger partial charge in [0.05, 0.1) is 12.1 Å². The Morgan fingerprint density at radius 3 is 3.05 bits per heavy atom. The molecular formula is C13H23N5O. The molecule has 6 nitrogen and oxygen atoms in total. The molecule has 2 rings (SSSR count). The Kier molecular flexibility index (Phi) is 4.52. The van der Waals surface area contributed by atoms with E-state index in [1.807, 2.05) is 6.92 Å². The van der Waals surface area contributed by atoms with Gasteiger partial charge in [-0.2, -0.15) is 0 Å². The molecule has 1 aliphatic rings. The summed E-state index contributed by atoms with van der Waals surface area (Å²) in [6, 6.07) is -0.567. The molecule has 0 saturated heterocycles. The Balaban J connectivity index is 1.93. The number of amides is 1. The smallest absolute Gasteiger partial charge is 0.237 e. The summed E-state index contributed by atoms with van der Waals surface area (Å²) in [5, 5.41) is 11.3. The number of carbonyl (C=O) groups excluding carboxylic acids is 1. The average Bonchev–Trinajstić information content (AvgIpc) is 2.97. The van der Waals surface area contributed by atoms with Crippen LogP contribution in [0.3, 0.4) is 0 Å². The van der Waals surface area contributed by atoms with E-state index in [1.54, 1.807) is 0 Å². The molecule has 0 aromatic carbocycles. The van der Waals surface area contributed by atoms with Gasteiger partial charge in [0.25, 0.3) is 0 Å². The number of nitrogens with zero attached hydrogens (tertiary/aromatic N) is 3. The quantitative estimate of drug-likeness (QED) is 0.801. The molecule has 2 heterocycles. The standard InChI is InChI=1S/C13H23N5O/c1-3-4-6-10(14)13(19)15-9(2)12-17-16-11-7-5-8-18(11)12/h9-10H,3-8,14H2,1-2H3,(H,15,19). The number of hydrogen-bond donors (Lipinski definition) is 2. The van der Waals surface area contributed by atoms with Gasteiger partial charge < -0.3 is 15.6 Å². The zero-order valence-corrected chi connectivity index (χ0v) is 11.7. The van der Waals surface area contributed by atoms with Crippen molar-refractivity contribution < 1.29 is 4.79 Å². The van der Waals surface area contributed by atoms with E-state index in [2.05, 4.69) is 27.0 Å². The van der Waals surface area contributed by atoms with Crippen LogP contribution < -0.4 is 11.1 Å². The van der Waals surface area contributed by atoms with Crippen LogP contribution in [0.15, 0.2) is 0 Å². The van der Waals surface area contributed by atoms with Gasteiger partial charge in [-0.1, -0.05) is 19.8 Å². The van der Waals surface area contributed by atoms with Crippen LogP contribution in [-0.2, 0) is 17.8 Å². The second-order valence-electron chi connectivity index (χ2n) is 5.21. The number of aromatic nitrogens is 3. The highest BCUT2D eigenvalue weighted by Gasteiger charge is 2.23. The van der Waals surface area contributed by atoms with Crippen LogP contribution in [0.25, 0.3) is 0 Å². The van der Waals surface area contributed by atoms with E-state index in [1.165, 1.54) is 0 Å². The molecule has 19 heavy (non-hydrogen) atoms. The molecule has 3 N–H and O–H groups in total. The van der Waals surface area contributed by atoms with E-state index in [9.17, 15) is 4.79 Å². The van der Waals surface area contributed by atoms with Gasteiger partial charge >= 0.3 is 0 Å². The van der Waals surface area contributed by atoms with Gasteiger partial charge in [0, 0.05) is 13.0 Å². The highest BCUT2D eigenvalue weighted by molar-refractivity contribution is 5.81. The molecular weight excluding hydrogens is 242 g/mol. The normalized spacial score (nSPS) is 17.0. The number of hydrogen-bond acceptors (Lipinski definition) is 4. The van der Waals surface area contributed by atoms with E-state index in [4.69, 9.17) is 5.73 Å². The largest absolute Gasteiger partial charge is 0.345 e. The first-order chi connectivity index (χ1) is 9.13. The number of nitrogens with two attached hydrogens (primary N) is 1. The molecule has 0 saturated carbocycles. The van der Waals surface area contributed by atoms with Crippen molar-refractivity contribution in [3.8, 4) is 0 Å². The Morgan fingerprint density at radius 1 is 1.53 bits per heavy atom. The van der Waals surface area contributed by atoms with Crippen molar-refractivity contribution in [3.05, 3.63) is 11.6 Å². The summed E-state index contributed by atoms with van der Waals surface area (Å²) in [4.78, 5) is 12.0. The molecule has 0 radical (unpaired) electrons. The van der Waals surface area contributed by atoms with Crippen LogP contribution >= 0.6 is 0 Å². The van der Waals surface area contributed by atoms with Crippen LogP contribution in [0.1, 0.15) is 57.2 Å². The topological polar surface area (TPSA) is 85.8 Å². The molecule has 2 atom stereocenters. The predicted molar refractivity (Wildman–Crippen MR) is 72.4 cm³/mol. The summed E-state index contributed by atoms with van der Waals surface area (Å²) >= 11 is 0. The lowest BCUT2D eigenvalue weighted by atomic mass is 10.1. The molecule has 106 valence electrons. The summed E-state index contributed by atoms with van der Waals surface area (Å²) in [6.45, 7) is 4.96. The number of fused-ring (bicyclic) bond motifs is 1. The summed E-state index contributed by atoms with van der Waals surface area (Å²) in [6.07, 6.45) is 4.84. The van der Waals surface area contributed by atoms with Crippen molar-refractivity contribution in [3.63, 3.8) is 0 Å². The third-order valence-corrected chi connectivity index (χ3v) is 3.59. The van der Waals surface area contributed by atoms with Crippen molar-refractivity contribution in [1.82, 2.24) is 20.1 Å². The fourth-order valence-corrected chi connectivity index (χ4v) is 2.43. The molecule has 1 aromatic rings. The molecule has 0 bridgehead atoms. The molecule has 1 aliphatic heterocycles. The van der Waals surface area contributed by atoms with E-state index in [-0.39, 0.29) is 11.9 Å². The van der Waals surface area contributed by atoms with Gasteiger partial charge in [-0.05, 0) is 19.8 Å². The van der Waals surface area contributed by atoms with Gasteiger partial charge in [-0.3, -0.25) is 4.79 Å². The zero-order chi connectivity index (χ0) is 13.8. The third-order valence-electron chi connectivity index (χ3n) is 3.59. The van der Waals surface area contributed by atoms with Gasteiger partial charge in [-0.15, -0.1) is 10.2 Å². The maximum atomic E-state index is 12.0. The fourth-order valence-electron chi connectivity index (χ4n) is 2.43. The van der Waals surface area contributed by atoms with Crippen molar-refractivity contribution in [2.45, 2.75) is 64.6 Å². The molecule has 6 heteroatoms. The van der Waals surface area contributed by atoms with Gasteiger partial charge in [0.2, 0.25) is 5.91 Å². The zero-order valence-electron chi connectivity index (χ0n) is 11.7. The first-order valence-electron chi connectivity index (χ1n) is 7.11. The Hall–Kier alpha value is -1.43.